The Hall–Kier alpha value is -2.00. The van der Waals surface area contributed by atoms with Gasteiger partial charge in [-0.15, -0.1) is 11.8 Å². The monoisotopic (exact) mass is 626 g/mol. The molecule has 1 aromatic carbocycles. The van der Waals surface area contributed by atoms with Crippen LogP contribution in [0.4, 0.5) is 17.6 Å². The minimum absolute atomic E-state index is 0.300. The molecule has 4 unspecified atom stereocenters. The SMILES string of the molecule is CCCCCCCCCCN.O=C(O)C1=CC=CN(CC2CC3CCC2C3)C1SCCCc1cc(F)cc(C(F)(F)F)c1. The molecule has 4 atom stereocenters. The lowest BCUT2D eigenvalue weighted by Gasteiger charge is -2.36. The van der Waals surface area contributed by atoms with Crippen molar-refractivity contribution < 1.29 is 27.5 Å². The van der Waals surface area contributed by atoms with Gasteiger partial charge in [0.2, 0.25) is 0 Å². The van der Waals surface area contributed by atoms with E-state index in [2.05, 4.69) is 11.8 Å². The molecule has 4 nitrogen and oxygen atoms in total. The molecule has 2 saturated carbocycles. The number of nitrogens with zero attached hydrogens (tertiary/aromatic N) is 1. The van der Waals surface area contributed by atoms with Gasteiger partial charge in [0.1, 0.15) is 11.2 Å². The Morgan fingerprint density at radius 3 is 2.35 bits per heavy atom. The lowest BCUT2D eigenvalue weighted by Crippen LogP contribution is -2.39. The van der Waals surface area contributed by atoms with E-state index in [0.29, 0.717) is 41.7 Å². The van der Waals surface area contributed by atoms with E-state index < -0.39 is 23.5 Å². The Balaban J connectivity index is 0.000000393. The number of thioether (sulfide) groups is 1. The summed E-state index contributed by atoms with van der Waals surface area (Å²) in [5.74, 6) is 0.843. The topological polar surface area (TPSA) is 66.6 Å². The molecule has 1 aliphatic heterocycles. The maximum absolute atomic E-state index is 13.6. The molecule has 0 amide bonds. The predicted octanol–water partition coefficient (Wildman–Crippen LogP) is 9.20. The zero-order valence-corrected chi connectivity index (χ0v) is 26.4. The second-order valence-corrected chi connectivity index (χ2v) is 13.5. The first kappa shape index (κ1) is 35.5. The van der Waals surface area contributed by atoms with Crippen molar-refractivity contribution in [3.05, 3.63) is 59.1 Å². The molecule has 3 aliphatic rings. The van der Waals surface area contributed by atoms with Crippen LogP contribution in [0.1, 0.15) is 102 Å². The fourth-order valence-corrected chi connectivity index (χ4v) is 7.94. The molecule has 0 saturated heterocycles. The van der Waals surface area contributed by atoms with Crippen LogP contribution in [0, 0.1) is 23.6 Å². The van der Waals surface area contributed by atoms with Gasteiger partial charge in [0, 0.05) is 12.7 Å². The van der Waals surface area contributed by atoms with Crippen LogP contribution in [0.3, 0.4) is 0 Å². The number of carboxylic acid groups (broad SMARTS) is 1. The molecule has 9 heteroatoms. The van der Waals surface area contributed by atoms with Gasteiger partial charge in [0.25, 0.3) is 0 Å². The zero-order valence-electron chi connectivity index (χ0n) is 25.6. The number of aryl methyl sites for hydroxylation is 1. The Morgan fingerprint density at radius 1 is 1.02 bits per heavy atom. The molecule has 0 aromatic heterocycles. The molecular formula is C34H50F4N2O2S. The summed E-state index contributed by atoms with van der Waals surface area (Å²) in [6, 6.07) is 2.62. The predicted molar refractivity (Wildman–Crippen MR) is 168 cm³/mol. The first-order valence-corrected chi connectivity index (χ1v) is 17.2. The van der Waals surface area contributed by atoms with Crippen molar-refractivity contribution >= 4 is 17.7 Å². The van der Waals surface area contributed by atoms with Gasteiger partial charge in [-0.1, -0.05) is 58.3 Å². The molecule has 2 aliphatic carbocycles. The summed E-state index contributed by atoms with van der Waals surface area (Å²) in [7, 11) is 0. The molecule has 4 rings (SSSR count). The summed E-state index contributed by atoms with van der Waals surface area (Å²) in [5, 5.41) is 9.35. The maximum atomic E-state index is 13.6. The maximum Gasteiger partial charge on any atom is 0.416 e. The van der Waals surface area contributed by atoms with E-state index in [-0.39, 0.29) is 5.37 Å². The van der Waals surface area contributed by atoms with Crippen LogP contribution in [-0.2, 0) is 17.4 Å². The number of allylic oxidation sites excluding steroid dienone is 2. The fourth-order valence-electron chi connectivity index (χ4n) is 6.69. The smallest absolute Gasteiger partial charge is 0.416 e. The average Bonchev–Trinajstić information content (AvgIpc) is 3.59. The van der Waals surface area contributed by atoms with Crippen LogP contribution in [0.15, 0.2) is 42.1 Å². The second kappa shape index (κ2) is 18.1. The van der Waals surface area contributed by atoms with Crippen molar-refractivity contribution in [1.29, 1.82) is 0 Å². The number of aliphatic carboxylic acids is 1. The number of hydrogen-bond acceptors (Lipinski definition) is 4. The number of nitrogens with two attached hydrogens (primary N) is 1. The largest absolute Gasteiger partial charge is 0.478 e. The normalized spacial score (nSPS) is 22.8. The first-order valence-electron chi connectivity index (χ1n) is 16.2. The summed E-state index contributed by atoms with van der Waals surface area (Å²) in [5.41, 5.74) is 5.04. The second-order valence-electron chi connectivity index (χ2n) is 12.3. The molecule has 2 fully saturated rings. The van der Waals surface area contributed by atoms with Crippen LogP contribution in [0.2, 0.25) is 0 Å². The van der Waals surface area contributed by atoms with E-state index in [1.807, 2.05) is 6.20 Å². The summed E-state index contributed by atoms with van der Waals surface area (Å²) >= 11 is 1.49. The molecule has 0 spiro atoms. The highest BCUT2D eigenvalue weighted by Crippen LogP contribution is 2.49. The molecule has 2 bridgehead atoms. The van der Waals surface area contributed by atoms with Gasteiger partial charge in [0.05, 0.1) is 11.1 Å². The number of carbonyl (C=O) groups is 1. The van der Waals surface area contributed by atoms with E-state index in [1.54, 1.807) is 12.2 Å². The number of rotatable bonds is 16. The van der Waals surface area contributed by atoms with Gasteiger partial charge in [-0.05, 0) is 104 Å². The highest BCUT2D eigenvalue weighted by atomic mass is 32.2. The standard InChI is InChI=1S/C24H27F4NO2S.C10H23N/c25-20-12-15(11-19(13-20)24(26,27)28)3-2-8-32-22-21(23(30)31)4-1-7-29(22)14-18-10-16-5-6-17(18)9-16;1-2-3-4-5-6-7-8-9-10-11/h1,4,7,11-13,16-18,22H,2-3,5-6,8-10,14H2,(H,30,31);2-11H2,1H3. The van der Waals surface area contributed by atoms with Crippen LogP contribution in [0.5, 0.6) is 0 Å². The molecule has 0 radical (unpaired) electrons. The van der Waals surface area contributed by atoms with Crippen molar-refractivity contribution in [1.82, 2.24) is 4.90 Å². The van der Waals surface area contributed by atoms with Gasteiger partial charge < -0.3 is 15.7 Å². The van der Waals surface area contributed by atoms with E-state index in [0.717, 1.165) is 37.1 Å². The molecular weight excluding hydrogens is 576 g/mol. The number of carboxylic acids is 1. The van der Waals surface area contributed by atoms with E-state index in [1.165, 1.54) is 88.8 Å². The number of fused-ring (bicyclic) bond motifs is 2. The van der Waals surface area contributed by atoms with Crippen molar-refractivity contribution in [2.45, 2.75) is 108 Å². The van der Waals surface area contributed by atoms with Gasteiger partial charge >= 0.3 is 12.1 Å². The summed E-state index contributed by atoms with van der Waals surface area (Å²) < 4.78 is 52.4. The van der Waals surface area contributed by atoms with Gasteiger partial charge in [0.15, 0.2) is 0 Å². The number of unbranched alkanes of at least 4 members (excludes halogenated alkanes) is 7. The van der Waals surface area contributed by atoms with Crippen molar-refractivity contribution in [3.63, 3.8) is 0 Å². The van der Waals surface area contributed by atoms with Crippen molar-refractivity contribution in [3.8, 4) is 0 Å². The third-order valence-corrected chi connectivity index (χ3v) is 10.3. The molecule has 3 N–H and O–H groups in total. The Kier molecular flexibility index (Phi) is 14.9. The number of hydrogen-bond donors (Lipinski definition) is 2. The van der Waals surface area contributed by atoms with Gasteiger partial charge in [-0.3, -0.25) is 0 Å². The lowest BCUT2D eigenvalue weighted by atomic mass is 9.88. The summed E-state index contributed by atoms with van der Waals surface area (Å²) in [6.07, 6.45) is 17.7. The molecule has 1 aromatic rings. The third kappa shape index (κ3) is 11.8. The van der Waals surface area contributed by atoms with Crippen LogP contribution >= 0.6 is 11.8 Å². The average molecular weight is 627 g/mol. The molecule has 43 heavy (non-hydrogen) atoms. The fraction of sp³-hybridized carbons (Fsp3) is 0.676. The van der Waals surface area contributed by atoms with Crippen molar-refractivity contribution in [2.24, 2.45) is 23.5 Å². The van der Waals surface area contributed by atoms with Gasteiger partial charge in [-0.25, -0.2) is 9.18 Å². The third-order valence-electron chi connectivity index (χ3n) is 8.93. The number of alkyl halides is 3. The Bertz CT molecular complexity index is 1050. The molecule has 242 valence electrons. The Labute approximate surface area is 259 Å². The minimum atomic E-state index is -4.58. The lowest BCUT2D eigenvalue weighted by molar-refractivity contribution is -0.138. The first-order chi connectivity index (χ1) is 20.6. The Morgan fingerprint density at radius 2 is 1.74 bits per heavy atom. The van der Waals surface area contributed by atoms with Crippen molar-refractivity contribution in [2.75, 3.05) is 18.8 Å². The van der Waals surface area contributed by atoms with E-state index in [4.69, 9.17) is 5.73 Å². The van der Waals surface area contributed by atoms with Crippen LogP contribution in [0.25, 0.3) is 0 Å². The van der Waals surface area contributed by atoms with Crippen LogP contribution in [-0.4, -0.2) is 40.2 Å². The zero-order chi connectivity index (χ0) is 31.2. The van der Waals surface area contributed by atoms with E-state index in [9.17, 15) is 27.5 Å². The minimum Gasteiger partial charge on any atom is -0.478 e. The summed E-state index contributed by atoms with van der Waals surface area (Å²) in [4.78, 5) is 13.9. The highest BCUT2D eigenvalue weighted by molar-refractivity contribution is 8.00. The number of halogens is 4. The quantitative estimate of drug-likeness (QED) is 0.141. The van der Waals surface area contributed by atoms with Gasteiger partial charge in [-0.2, -0.15) is 13.2 Å². The molecule has 1 heterocycles. The number of benzene rings is 1. The van der Waals surface area contributed by atoms with Crippen LogP contribution < -0.4 is 5.73 Å². The highest BCUT2D eigenvalue weighted by Gasteiger charge is 2.41. The van der Waals surface area contributed by atoms with E-state index >= 15 is 0 Å². The summed E-state index contributed by atoms with van der Waals surface area (Å²) in [6.45, 7) is 3.96.